The molecule has 0 atom stereocenters. The van der Waals surface area contributed by atoms with E-state index < -0.39 is 32.0 Å². The molecule has 196 valence electrons. The third-order valence-corrected chi connectivity index (χ3v) is 11.9. The zero-order chi connectivity index (χ0) is 28.5. The minimum atomic E-state index is -3.12. The fraction of sp³-hybridized carbons (Fsp3) is 0.0667. The number of carbonyl (C=O) groups is 4. The minimum absolute atomic E-state index is 0.0812. The number of rotatable bonds is 10. The van der Waals surface area contributed by atoms with Crippen LogP contribution in [0.3, 0.4) is 0 Å². The molecule has 0 radical (unpaired) electrons. The lowest BCUT2D eigenvalue weighted by atomic mass is 9.99. The Balaban J connectivity index is 2.25. The van der Waals surface area contributed by atoms with Crippen LogP contribution in [-0.4, -0.2) is 52.4 Å². The lowest BCUT2D eigenvalue weighted by Crippen LogP contribution is -2.58. The maximum Gasteiger partial charge on any atom is 0.336 e. The Bertz CT molecular complexity index is 1550. The highest BCUT2D eigenvalue weighted by Crippen LogP contribution is 2.31. The van der Waals surface area contributed by atoms with E-state index in [1.165, 1.54) is 24.3 Å². The molecule has 0 aliphatic heterocycles. The number of hydrogen-bond acceptors (Lipinski definition) is 4. The van der Waals surface area contributed by atoms with E-state index in [9.17, 15) is 39.6 Å². The smallest absolute Gasteiger partial charge is 0.336 e. The Morgan fingerprint density at radius 2 is 0.897 bits per heavy atom. The summed E-state index contributed by atoms with van der Waals surface area (Å²) in [5.74, 6) is -5.10. The summed E-state index contributed by atoms with van der Waals surface area (Å²) in [6.07, 6.45) is 3.43. The monoisotopic (exact) mass is 540 g/mol. The Morgan fingerprint density at radius 3 is 1.21 bits per heavy atom. The van der Waals surface area contributed by atoms with Crippen LogP contribution in [0.25, 0.3) is 21.5 Å². The molecular weight excluding hydrogens is 516 g/mol. The predicted octanol–water partition coefficient (Wildman–Crippen LogP) is 4.72. The van der Waals surface area contributed by atoms with Gasteiger partial charge < -0.3 is 20.4 Å². The van der Waals surface area contributed by atoms with Gasteiger partial charge >= 0.3 is 23.9 Å². The summed E-state index contributed by atoms with van der Waals surface area (Å²) in [6, 6.07) is 16.1. The Labute approximate surface area is 223 Å². The molecule has 0 spiro atoms. The molecule has 4 aromatic carbocycles. The average Bonchev–Trinajstić information content (AvgIpc) is 2.90. The minimum Gasteiger partial charge on any atom is -0.478 e. The summed E-state index contributed by atoms with van der Waals surface area (Å²) >= 11 is 0. The molecular formula is C30H24O8Si. The first-order valence-corrected chi connectivity index (χ1v) is 14.3. The summed E-state index contributed by atoms with van der Waals surface area (Å²) in [5.41, 5.74) is -0.644. The van der Waals surface area contributed by atoms with Crippen molar-refractivity contribution in [1.29, 1.82) is 0 Å². The lowest BCUT2D eigenvalue weighted by Gasteiger charge is -2.34. The molecule has 0 heterocycles. The number of benzene rings is 4. The second-order valence-electron chi connectivity index (χ2n) is 9.07. The molecule has 0 aromatic heterocycles. The molecule has 0 aliphatic carbocycles. The van der Waals surface area contributed by atoms with E-state index in [1.807, 2.05) is 0 Å². The molecule has 0 unspecified atom stereocenters. The van der Waals surface area contributed by atoms with Crippen molar-refractivity contribution in [3.63, 3.8) is 0 Å². The van der Waals surface area contributed by atoms with Crippen molar-refractivity contribution < 1.29 is 39.6 Å². The molecule has 0 saturated carbocycles. The van der Waals surface area contributed by atoms with Crippen LogP contribution in [0.2, 0.25) is 12.1 Å². The van der Waals surface area contributed by atoms with Gasteiger partial charge in [0, 0.05) is 10.8 Å². The highest BCUT2D eigenvalue weighted by atomic mass is 28.3. The first-order chi connectivity index (χ1) is 18.6. The molecule has 0 bridgehead atoms. The van der Waals surface area contributed by atoms with Crippen LogP contribution in [0.5, 0.6) is 0 Å². The van der Waals surface area contributed by atoms with Gasteiger partial charge in [0.2, 0.25) is 0 Å². The van der Waals surface area contributed by atoms with E-state index in [-0.39, 0.29) is 33.0 Å². The van der Waals surface area contributed by atoms with E-state index in [2.05, 4.69) is 13.2 Å². The molecule has 39 heavy (non-hydrogen) atoms. The number of carboxylic acid groups (broad SMARTS) is 4. The third kappa shape index (κ3) is 4.38. The van der Waals surface area contributed by atoms with Gasteiger partial charge in [0.1, 0.15) is 8.07 Å². The lowest BCUT2D eigenvalue weighted by molar-refractivity contribution is 0.0681. The van der Waals surface area contributed by atoms with Crippen molar-refractivity contribution in [3.05, 3.63) is 108 Å². The van der Waals surface area contributed by atoms with Crippen LogP contribution in [0.4, 0.5) is 0 Å². The molecule has 0 saturated heterocycles. The van der Waals surface area contributed by atoms with Crippen LogP contribution < -0.4 is 10.4 Å². The van der Waals surface area contributed by atoms with Gasteiger partial charge in [-0.05, 0) is 57.5 Å². The molecule has 0 fully saturated rings. The maximum atomic E-state index is 12.1. The quantitative estimate of drug-likeness (QED) is 0.167. The average molecular weight is 541 g/mol. The number of carboxylic acids is 4. The van der Waals surface area contributed by atoms with Gasteiger partial charge in [-0.25, -0.2) is 19.2 Å². The largest absolute Gasteiger partial charge is 0.478 e. The third-order valence-electron chi connectivity index (χ3n) is 7.02. The standard InChI is InChI=1S/C30H24O8Si/c1-3-15-39(16-4-2,23-13-11-21(29(35)36)25-17(23)7-5-9-19(25)27(31)32)24-14-12-22(30(37)38)26-18(24)8-6-10-20(26)28(33)34/h3-14H,1-2,15-16H2,(H,31,32)(H,33,34)(H,35,36)(H,37,38). The van der Waals surface area contributed by atoms with E-state index in [0.717, 1.165) is 0 Å². The summed E-state index contributed by atoms with van der Waals surface area (Å²) in [4.78, 5) is 48.5. The zero-order valence-electron chi connectivity index (χ0n) is 20.7. The topological polar surface area (TPSA) is 149 Å². The first kappa shape index (κ1) is 27.0. The normalized spacial score (nSPS) is 11.3. The first-order valence-electron chi connectivity index (χ1n) is 11.9. The second kappa shape index (κ2) is 10.4. The molecule has 4 aromatic rings. The fourth-order valence-electron chi connectivity index (χ4n) is 5.52. The van der Waals surface area contributed by atoms with Crippen molar-refractivity contribution >= 4 is 63.9 Å². The highest BCUT2D eigenvalue weighted by molar-refractivity contribution is 7.05. The number of fused-ring (bicyclic) bond motifs is 2. The van der Waals surface area contributed by atoms with Gasteiger partial charge in [-0.3, -0.25) is 0 Å². The SMILES string of the molecule is C=CC[Si](CC=C)(c1ccc(C(=O)O)c2c(C(=O)O)cccc12)c1ccc(C(=O)O)c2c(C(=O)O)cccc12. The van der Waals surface area contributed by atoms with Gasteiger partial charge in [-0.15, -0.1) is 13.2 Å². The predicted molar refractivity (Wildman–Crippen MR) is 151 cm³/mol. The number of aromatic carboxylic acids is 4. The fourth-order valence-corrected chi connectivity index (χ4v) is 10.1. The Kier molecular flexibility index (Phi) is 7.20. The molecule has 4 rings (SSSR count). The van der Waals surface area contributed by atoms with E-state index in [4.69, 9.17) is 0 Å². The second-order valence-corrected chi connectivity index (χ2v) is 13.1. The molecule has 0 amide bonds. The van der Waals surface area contributed by atoms with Gasteiger partial charge in [-0.2, -0.15) is 0 Å². The zero-order valence-corrected chi connectivity index (χ0v) is 21.7. The molecule has 4 N–H and O–H groups in total. The summed E-state index contributed by atoms with van der Waals surface area (Å²) in [6.45, 7) is 7.89. The van der Waals surface area contributed by atoms with Crippen LogP contribution in [0.15, 0.2) is 86.0 Å². The Morgan fingerprint density at radius 1 is 0.564 bits per heavy atom. The van der Waals surface area contributed by atoms with Crippen molar-refractivity contribution in [3.8, 4) is 0 Å². The van der Waals surface area contributed by atoms with Gasteiger partial charge in [0.25, 0.3) is 0 Å². The Hall–Kier alpha value is -5.02. The number of hydrogen-bond donors (Lipinski definition) is 4. The number of allylic oxidation sites excluding steroid dienone is 2. The van der Waals surface area contributed by atoms with Crippen LogP contribution in [-0.2, 0) is 0 Å². The van der Waals surface area contributed by atoms with Crippen molar-refractivity contribution in [2.45, 2.75) is 12.1 Å². The van der Waals surface area contributed by atoms with Gasteiger partial charge in [0.05, 0.1) is 22.3 Å². The van der Waals surface area contributed by atoms with Gasteiger partial charge in [-0.1, -0.05) is 48.6 Å². The van der Waals surface area contributed by atoms with Crippen LogP contribution >= 0.6 is 0 Å². The van der Waals surface area contributed by atoms with Crippen molar-refractivity contribution in [2.24, 2.45) is 0 Å². The van der Waals surface area contributed by atoms with E-state index in [1.54, 1.807) is 48.6 Å². The molecule has 9 heteroatoms. The molecule has 8 nitrogen and oxygen atoms in total. The highest BCUT2D eigenvalue weighted by Gasteiger charge is 2.39. The van der Waals surface area contributed by atoms with Crippen LogP contribution in [0.1, 0.15) is 41.4 Å². The van der Waals surface area contributed by atoms with Crippen LogP contribution in [0, 0.1) is 0 Å². The van der Waals surface area contributed by atoms with E-state index in [0.29, 0.717) is 33.2 Å². The summed E-state index contributed by atoms with van der Waals surface area (Å²) < 4.78 is 0. The summed E-state index contributed by atoms with van der Waals surface area (Å²) in [7, 11) is -3.12. The van der Waals surface area contributed by atoms with Crippen molar-refractivity contribution in [2.75, 3.05) is 0 Å². The van der Waals surface area contributed by atoms with E-state index >= 15 is 0 Å². The molecule has 0 aliphatic rings. The van der Waals surface area contributed by atoms with Crippen molar-refractivity contribution in [1.82, 2.24) is 0 Å². The summed E-state index contributed by atoms with van der Waals surface area (Å²) in [5, 5.41) is 42.0. The van der Waals surface area contributed by atoms with Gasteiger partial charge in [0.15, 0.2) is 0 Å². The maximum absolute atomic E-state index is 12.1.